The largest absolute Gasteiger partial charge is 0.493 e. The lowest BCUT2D eigenvalue weighted by Gasteiger charge is -2.09. The van der Waals surface area contributed by atoms with E-state index in [4.69, 9.17) is 15.2 Å². The summed E-state index contributed by atoms with van der Waals surface area (Å²) in [6, 6.07) is 5.52. The second-order valence-electron chi connectivity index (χ2n) is 4.20. The fraction of sp³-hybridized carbons (Fsp3) is 0.429. The van der Waals surface area contributed by atoms with Crippen LogP contribution in [0, 0.1) is 0 Å². The van der Waals surface area contributed by atoms with Crippen molar-refractivity contribution in [3.05, 3.63) is 23.8 Å². The number of nitrogens with two attached hydrogens (primary N) is 1. The minimum atomic E-state index is -0.123. The van der Waals surface area contributed by atoms with Gasteiger partial charge in [0.15, 0.2) is 17.5 Å². The smallest absolute Gasteiger partial charge is 0.239 e. The number of nitrogens with one attached hydrogen (secondary N) is 2. The Labute approximate surface area is 124 Å². The molecule has 0 saturated heterocycles. The number of guanidine groups is 1. The molecule has 7 nitrogen and oxygen atoms in total. The summed E-state index contributed by atoms with van der Waals surface area (Å²) >= 11 is 0. The summed E-state index contributed by atoms with van der Waals surface area (Å²) in [4.78, 5) is 15.4. The van der Waals surface area contributed by atoms with Gasteiger partial charge in [0.1, 0.15) is 0 Å². The molecular formula is C14H22N4O3. The number of carbonyl (C=O) groups is 1. The molecular weight excluding hydrogens is 272 g/mol. The molecule has 21 heavy (non-hydrogen) atoms. The zero-order chi connectivity index (χ0) is 15.7. The molecule has 1 aromatic rings. The van der Waals surface area contributed by atoms with E-state index in [9.17, 15) is 4.79 Å². The van der Waals surface area contributed by atoms with Crippen LogP contribution in [0.4, 0.5) is 0 Å². The molecule has 0 heterocycles. The first kappa shape index (κ1) is 16.6. The number of rotatable bonds is 7. The van der Waals surface area contributed by atoms with E-state index in [2.05, 4.69) is 15.6 Å². The molecule has 7 heteroatoms. The number of aliphatic imine (C=N–C) groups is 1. The van der Waals surface area contributed by atoms with Crippen molar-refractivity contribution in [1.82, 2.24) is 10.6 Å². The Kier molecular flexibility index (Phi) is 6.86. The van der Waals surface area contributed by atoms with Gasteiger partial charge in [-0.05, 0) is 24.6 Å². The Morgan fingerprint density at radius 1 is 1.24 bits per heavy atom. The van der Waals surface area contributed by atoms with Crippen molar-refractivity contribution in [3.63, 3.8) is 0 Å². The van der Waals surface area contributed by atoms with E-state index in [-0.39, 0.29) is 18.4 Å². The van der Waals surface area contributed by atoms with Crippen LogP contribution in [0.5, 0.6) is 11.5 Å². The van der Waals surface area contributed by atoms with Gasteiger partial charge < -0.3 is 25.8 Å². The van der Waals surface area contributed by atoms with Crippen LogP contribution in [-0.2, 0) is 11.3 Å². The highest BCUT2D eigenvalue weighted by Crippen LogP contribution is 2.27. The summed E-state index contributed by atoms with van der Waals surface area (Å²) in [5.74, 6) is 1.39. The highest BCUT2D eigenvalue weighted by molar-refractivity contribution is 5.85. The first-order valence-corrected chi connectivity index (χ1v) is 6.62. The SMILES string of the molecule is CCNC(=O)CNC(N)=NCc1ccc(OC)c(OC)c1. The third-order valence-electron chi connectivity index (χ3n) is 2.68. The molecule has 0 bridgehead atoms. The van der Waals surface area contributed by atoms with Crippen molar-refractivity contribution < 1.29 is 14.3 Å². The standard InChI is InChI=1S/C14H22N4O3/c1-4-16-13(19)9-18-14(15)17-8-10-5-6-11(20-2)12(7-10)21-3/h5-7H,4,8-9H2,1-3H3,(H,16,19)(H3,15,17,18). The highest BCUT2D eigenvalue weighted by atomic mass is 16.5. The summed E-state index contributed by atoms with van der Waals surface area (Å²) in [7, 11) is 3.16. The number of carbonyl (C=O) groups excluding carboxylic acids is 1. The van der Waals surface area contributed by atoms with Gasteiger partial charge in [-0.3, -0.25) is 4.79 Å². The molecule has 1 amide bonds. The maximum absolute atomic E-state index is 11.3. The van der Waals surface area contributed by atoms with Gasteiger partial charge in [-0.1, -0.05) is 6.07 Å². The van der Waals surface area contributed by atoms with Gasteiger partial charge in [0.25, 0.3) is 0 Å². The summed E-state index contributed by atoms with van der Waals surface area (Å²) in [5, 5.41) is 5.41. The summed E-state index contributed by atoms with van der Waals surface area (Å²) in [5.41, 5.74) is 6.62. The minimum absolute atomic E-state index is 0.106. The number of amides is 1. The highest BCUT2D eigenvalue weighted by Gasteiger charge is 2.04. The third kappa shape index (κ3) is 5.60. The van der Waals surface area contributed by atoms with E-state index in [0.29, 0.717) is 24.6 Å². The van der Waals surface area contributed by atoms with Gasteiger partial charge in [0.05, 0.1) is 27.3 Å². The molecule has 0 unspecified atom stereocenters. The number of ether oxygens (including phenoxy) is 2. The molecule has 1 aromatic carbocycles. The van der Waals surface area contributed by atoms with Gasteiger partial charge in [0.2, 0.25) is 5.91 Å². The number of methoxy groups -OCH3 is 2. The third-order valence-corrected chi connectivity index (χ3v) is 2.68. The van der Waals surface area contributed by atoms with Gasteiger partial charge in [-0.15, -0.1) is 0 Å². The average Bonchev–Trinajstić information content (AvgIpc) is 2.50. The Bertz CT molecular complexity index is 503. The number of hydrogen-bond donors (Lipinski definition) is 3. The van der Waals surface area contributed by atoms with Crippen molar-refractivity contribution >= 4 is 11.9 Å². The predicted molar refractivity (Wildman–Crippen MR) is 81.6 cm³/mol. The van der Waals surface area contributed by atoms with E-state index < -0.39 is 0 Å². The molecule has 4 N–H and O–H groups in total. The molecule has 0 atom stereocenters. The first-order valence-electron chi connectivity index (χ1n) is 6.62. The zero-order valence-electron chi connectivity index (χ0n) is 12.6. The summed E-state index contributed by atoms with van der Waals surface area (Å²) in [6.07, 6.45) is 0. The fourth-order valence-corrected chi connectivity index (χ4v) is 1.64. The number of likely N-dealkylation sites (N-methyl/N-ethyl adjacent to an activating group) is 1. The molecule has 0 spiro atoms. The van der Waals surface area contributed by atoms with Gasteiger partial charge >= 0.3 is 0 Å². The lowest BCUT2D eigenvalue weighted by molar-refractivity contribution is -0.119. The number of hydrogen-bond acceptors (Lipinski definition) is 4. The Balaban J connectivity index is 2.56. The van der Waals surface area contributed by atoms with Gasteiger partial charge in [0, 0.05) is 6.54 Å². The quantitative estimate of drug-likeness (QED) is 0.494. The van der Waals surface area contributed by atoms with E-state index >= 15 is 0 Å². The van der Waals surface area contributed by atoms with Crippen molar-refractivity contribution in [2.75, 3.05) is 27.3 Å². The van der Waals surface area contributed by atoms with Crippen LogP contribution >= 0.6 is 0 Å². The predicted octanol–water partition coefficient (Wildman–Crippen LogP) is 0.244. The van der Waals surface area contributed by atoms with Crippen LogP contribution in [0.3, 0.4) is 0 Å². The van der Waals surface area contributed by atoms with Crippen molar-refractivity contribution in [3.8, 4) is 11.5 Å². The minimum Gasteiger partial charge on any atom is -0.493 e. The van der Waals surface area contributed by atoms with E-state index in [1.165, 1.54) is 0 Å². The monoisotopic (exact) mass is 294 g/mol. The zero-order valence-corrected chi connectivity index (χ0v) is 12.6. The maximum atomic E-state index is 11.3. The molecule has 0 aliphatic rings. The number of benzene rings is 1. The molecule has 0 saturated carbocycles. The number of nitrogens with zero attached hydrogens (tertiary/aromatic N) is 1. The molecule has 0 aliphatic heterocycles. The Morgan fingerprint density at radius 3 is 2.57 bits per heavy atom. The molecule has 1 rings (SSSR count). The van der Waals surface area contributed by atoms with Gasteiger partial charge in [-0.25, -0.2) is 4.99 Å². The molecule has 0 radical (unpaired) electrons. The fourth-order valence-electron chi connectivity index (χ4n) is 1.64. The topological polar surface area (TPSA) is 98.0 Å². The lowest BCUT2D eigenvalue weighted by atomic mass is 10.2. The molecule has 0 fully saturated rings. The molecule has 116 valence electrons. The van der Waals surface area contributed by atoms with Crippen molar-refractivity contribution in [1.29, 1.82) is 0 Å². The lowest BCUT2D eigenvalue weighted by Crippen LogP contribution is -2.40. The second kappa shape index (κ2) is 8.68. The Morgan fingerprint density at radius 2 is 1.95 bits per heavy atom. The van der Waals surface area contributed by atoms with E-state index in [1.54, 1.807) is 14.2 Å². The normalized spacial score (nSPS) is 10.9. The molecule has 0 aliphatic carbocycles. The van der Waals surface area contributed by atoms with Crippen LogP contribution in [0.15, 0.2) is 23.2 Å². The van der Waals surface area contributed by atoms with Crippen LogP contribution < -0.4 is 25.8 Å². The van der Waals surface area contributed by atoms with Crippen LogP contribution in [0.2, 0.25) is 0 Å². The van der Waals surface area contributed by atoms with E-state index in [0.717, 1.165) is 5.56 Å². The second-order valence-corrected chi connectivity index (χ2v) is 4.20. The van der Waals surface area contributed by atoms with Crippen LogP contribution in [0.25, 0.3) is 0 Å². The maximum Gasteiger partial charge on any atom is 0.239 e. The van der Waals surface area contributed by atoms with E-state index in [1.807, 2.05) is 25.1 Å². The summed E-state index contributed by atoms with van der Waals surface area (Å²) in [6.45, 7) is 2.93. The average molecular weight is 294 g/mol. The van der Waals surface area contributed by atoms with Crippen LogP contribution in [-0.4, -0.2) is 39.2 Å². The van der Waals surface area contributed by atoms with Crippen molar-refractivity contribution in [2.45, 2.75) is 13.5 Å². The first-order chi connectivity index (χ1) is 10.1. The molecule has 0 aromatic heterocycles. The van der Waals surface area contributed by atoms with Crippen molar-refractivity contribution in [2.24, 2.45) is 10.7 Å². The Hall–Kier alpha value is -2.44. The summed E-state index contributed by atoms with van der Waals surface area (Å²) < 4.78 is 10.4. The van der Waals surface area contributed by atoms with Crippen LogP contribution in [0.1, 0.15) is 12.5 Å². The van der Waals surface area contributed by atoms with Gasteiger partial charge in [-0.2, -0.15) is 0 Å².